The maximum atomic E-state index is 11.3. The zero-order chi connectivity index (χ0) is 12.2. The van der Waals surface area contributed by atoms with Crippen LogP contribution in [0.2, 0.25) is 0 Å². The van der Waals surface area contributed by atoms with E-state index < -0.39 is 10.0 Å². The molecule has 0 bridgehead atoms. The predicted molar refractivity (Wildman–Crippen MR) is 64.7 cm³/mol. The number of benzene rings is 1. The van der Waals surface area contributed by atoms with Crippen LogP contribution in [-0.4, -0.2) is 21.5 Å². The van der Waals surface area contributed by atoms with Gasteiger partial charge in [0.1, 0.15) is 0 Å². The highest BCUT2D eigenvalue weighted by atomic mass is 32.2. The highest BCUT2D eigenvalue weighted by Gasteiger charge is 2.13. The molecule has 0 saturated carbocycles. The fraction of sp³-hybridized carbons (Fsp3) is 0.400. The lowest BCUT2D eigenvalue weighted by atomic mass is 10.2. The van der Waals surface area contributed by atoms with E-state index in [2.05, 4.69) is 5.32 Å². The van der Waals surface area contributed by atoms with Gasteiger partial charge in [0.15, 0.2) is 0 Å². The van der Waals surface area contributed by atoms with Crippen molar-refractivity contribution in [2.24, 2.45) is 10.9 Å². The molecule has 0 radical (unpaired) electrons. The third-order valence-corrected chi connectivity index (χ3v) is 3.34. The number of primary sulfonamides is 1. The van der Waals surface area contributed by atoms with Gasteiger partial charge in [-0.15, -0.1) is 0 Å². The van der Waals surface area contributed by atoms with Crippen LogP contribution >= 0.6 is 0 Å². The SMILES string of the molecule is Cc1c(NCCCN)cccc1S(N)(=O)=O. The Balaban J connectivity index is 2.96. The Morgan fingerprint density at radius 1 is 1.38 bits per heavy atom. The monoisotopic (exact) mass is 243 g/mol. The van der Waals surface area contributed by atoms with Gasteiger partial charge in [-0.1, -0.05) is 6.07 Å². The molecular formula is C10H17N3O2S. The molecular weight excluding hydrogens is 226 g/mol. The van der Waals surface area contributed by atoms with Gasteiger partial charge in [-0.25, -0.2) is 13.6 Å². The highest BCUT2D eigenvalue weighted by Crippen LogP contribution is 2.21. The largest absolute Gasteiger partial charge is 0.385 e. The molecule has 0 amide bonds. The van der Waals surface area contributed by atoms with Crippen molar-refractivity contribution in [3.05, 3.63) is 23.8 Å². The van der Waals surface area contributed by atoms with Crippen LogP contribution in [-0.2, 0) is 10.0 Å². The first kappa shape index (κ1) is 13.0. The maximum Gasteiger partial charge on any atom is 0.238 e. The predicted octanol–water partition coefficient (Wildman–Crippen LogP) is 0.403. The minimum Gasteiger partial charge on any atom is -0.385 e. The Labute approximate surface area is 95.9 Å². The Morgan fingerprint density at radius 2 is 2.06 bits per heavy atom. The molecule has 1 aromatic carbocycles. The molecule has 5 N–H and O–H groups in total. The third kappa shape index (κ3) is 3.19. The normalized spacial score (nSPS) is 11.4. The van der Waals surface area contributed by atoms with Crippen LogP contribution in [0, 0.1) is 6.92 Å². The summed E-state index contributed by atoms with van der Waals surface area (Å²) in [4.78, 5) is 0.158. The van der Waals surface area contributed by atoms with Crippen molar-refractivity contribution < 1.29 is 8.42 Å². The number of nitrogens with two attached hydrogens (primary N) is 2. The molecule has 0 saturated heterocycles. The van der Waals surface area contributed by atoms with Crippen molar-refractivity contribution >= 4 is 15.7 Å². The van der Waals surface area contributed by atoms with Crippen molar-refractivity contribution in [2.45, 2.75) is 18.2 Å². The molecule has 16 heavy (non-hydrogen) atoms. The number of rotatable bonds is 5. The second kappa shape index (κ2) is 5.29. The summed E-state index contributed by atoms with van der Waals surface area (Å²) < 4.78 is 22.5. The van der Waals surface area contributed by atoms with Gasteiger partial charge in [0, 0.05) is 12.2 Å². The Kier molecular flexibility index (Phi) is 4.28. The molecule has 0 aliphatic carbocycles. The average Bonchev–Trinajstić information content (AvgIpc) is 2.19. The molecule has 0 aliphatic rings. The summed E-state index contributed by atoms with van der Waals surface area (Å²) in [5.74, 6) is 0. The molecule has 90 valence electrons. The lowest BCUT2D eigenvalue weighted by Gasteiger charge is -2.11. The summed E-state index contributed by atoms with van der Waals surface area (Å²) in [5.41, 5.74) is 6.79. The standard InChI is InChI=1S/C10H17N3O2S/c1-8-9(13-7-3-6-11)4-2-5-10(8)16(12,14)15/h2,4-5,13H,3,6-7,11H2,1H3,(H2,12,14,15). The van der Waals surface area contributed by atoms with Crippen molar-refractivity contribution in [2.75, 3.05) is 18.4 Å². The molecule has 5 nitrogen and oxygen atoms in total. The molecule has 0 unspecified atom stereocenters. The summed E-state index contributed by atoms with van der Waals surface area (Å²) in [6.07, 6.45) is 0.832. The fourth-order valence-corrected chi connectivity index (χ4v) is 2.24. The molecule has 0 fully saturated rings. The van der Waals surface area contributed by atoms with E-state index in [0.717, 1.165) is 12.1 Å². The second-order valence-electron chi connectivity index (χ2n) is 3.54. The minimum absolute atomic E-state index is 0.158. The van der Waals surface area contributed by atoms with E-state index in [4.69, 9.17) is 10.9 Å². The van der Waals surface area contributed by atoms with Crippen LogP contribution in [0.1, 0.15) is 12.0 Å². The summed E-state index contributed by atoms with van der Waals surface area (Å²) in [6.45, 7) is 3.04. The van der Waals surface area contributed by atoms with Crippen LogP contribution in [0.3, 0.4) is 0 Å². The van der Waals surface area contributed by atoms with Crippen LogP contribution in [0.15, 0.2) is 23.1 Å². The summed E-state index contributed by atoms with van der Waals surface area (Å²) >= 11 is 0. The first-order chi connectivity index (χ1) is 7.46. The van der Waals surface area contributed by atoms with E-state index in [1.165, 1.54) is 6.07 Å². The molecule has 0 aromatic heterocycles. The number of hydrogen-bond acceptors (Lipinski definition) is 4. The summed E-state index contributed by atoms with van der Waals surface area (Å²) in [6, 6.07) is 4.98. The maximum absolute atomic E-state index is 11.3. The molecule has 0 atom stereocenters. The van der Waals surface area contributed by atoms with E-state index in [1.807, 2.05) is 6.07 Å². The van der Waals surface area contributed by atoms with Gasteiger partial charge in [-0.2, -0.15) is 0 Å². The molecule has 1 aromatic rings. The van der Waals surface area contributed by atoms with E-state index in [0.29, 0.717) is 18.7 Å². The Morgan fingerprint density at radius 3 is 2.62 bits per heavy atom. The van der Waals surface area contributed by atoms with Crippen LogP contribution in [0.5, 0.6) is 0 Å². The van der Waals surface area contributed by atoms with E-state index in [1.54, 1.807) is 13.0 Å². The van der Waals surface area contributed by atoms with Gasteiger partial charge in [0.2, 0.25) is 10.0 Å². The van der Waals surface area contributed by atoms with E-state index in [-0.39, 0.29) is 4.90 Å². The number of sulfonamides is 1. The zero-order valence-electron chi connectivity index (χ0n) is 9.23. The third-order valence-electron chi connectivity index (χ3n) is 2.29. The molecule has 1 rings (SSSR count). The van der Waals surface area contributed by atoms with Gasteiger partial charge in [0.25, 0.3) is 0 Å². The van der Waals surface area contributed by atoms with Gasteiger partial charge in [-0.05, 0) is 37.6 Å². The topological polar surface area (TPSA) is 98.2 Å². The molecule has 0 spiro atoms. The second-order valence-corrected chi connectivity index (χ2v) is 5.07. The van der Waals surface area contributed by atoms with Crippen LogP contribution in [0.25, 0.3) is 0 Å². The Bertz CT molecular complexity index is 457. The smallest absolute Gasteiger partial charge is 0.238 e. The summed E-state index contributed by atoms with van der Waals surface area (Å²) in [5, 5.41) is 8.23. The fourth-order valence-electron chi connectivity index (χ4n) is 1.44. The van der Waals surface area contributed by atoms with Gasteiger partial charge < -0.3 is 11.1 Å². The van der Waals surface area contributed by atoms with Gasteiger partial charge in [0.05, 0.1) is 4.90 Å². The molecule has 0 heterocycles. The quantitative estimate of drug-likeness (QED) is 0.652. The van der Waals surface area contributed by atoms with Crippen molar-refractivity contribution in [3.63, 3.8) is 0 Å². The van der Waals surface area contributed by atoms with Gasteiger partial charge >= 0.3 is 0 Å². The van der Waals surface area contributed by atoms with Crippen LogP contribution < -0.4 is 16.2 Å². The zero-order valence-corrected chi connectivity index (χ0v) is 10.0. The minimum atomic E-state index is -3.65. The first-order valence-electron chi connectivity index (χ1n) is 5.03. The van der Waals surface area contributed by atoms with Crippen molar-refractivity contribution in [1.82, 2.24) is 0 Å². The number of nitrogens with one attached hydrogen (secondary N) is 1. The number of hydrogen-bond donors (Lipinski definition) is 3. The molecule has 0 aliphatic heterocycles. The summed E-state index contributed by atoms with van der Waals surface area (Å²) in [7, 11) is -3.65. The van der Waals surface area contributed by atoms with Gasteiger partial charge in [-0.3, -0.25) is 0 Å². The van der Waals surface area contributed by atoms with Crippen LogP contribution in [0.4, 0.5) is 5.69 Å². The lowest BCUT2D eigenvalue weighted by molar-refractivity contribution is 0.597. The lowest BCUT2D eigenvalue weighted by Crippen LogP contribution is -2.15. The average molecular weight is 243 g/mol. The van der Waals surface area contributed by atoms with Crippen molar-refractivity contribution in [1.29, 1.82) is 0 Å². The highest BCUT2D eigenvalue weighted by molar-refractivity contribution is 7.89. The molecule has 6 heteroatoms. The number of anilines is 1. The van der Waals surface area contributed by atoms with E-state index in [9.17, 15) is 8.42 Å². The van der Waals surface area contributed by atoms with E-state index >= 15 is 0 Å². The van der Waals surface area contributed by atoms with Crippen molar-refractivity contribution in [3.8, 4) is 0 Å². The Hall–Kier alpha value is -1.11. The first-order valence-corrected chi connectivity index (χ1v) is 6.58.